The Hall–Kier alpha value is -1.76. The van der Waals surface area contributed by atoms with Gasteiger partial charge in [0, 0.05) is 18.8 Å². The van der Waals surface area contributed by atoms with Crippen molar-refractivity contribution in [2.45, 2.75) is 25.4 Å². The summed E-state index contributed by atoms with van der Waals surface area (Å²) in [4.78, 5) is 10.8. The summed E-state index contributed by atoms with van der Waals surface area (Å²) in [6, 6.07) is 3.18. The summed E-state index contributed by atoms with van der Waals surface area (Å²) in [7, 11) is 0. The van der Waals surface area contributed by atoms with Crippen LogP contribution in [0.2, 0.25) is 0 Å². The number of carbonyl (C=O) groups is 1. The van der Waals surface area contributed by atoms with Gasteiger partial charge in [0.25, 0.3) is 0 Å². The van der Waals surface area contributed by atoms with Gasteiger partial charge in [-0.15, -0.1) is 0 Å². The normalized spacial score (nSPS) is 16.9. The van der Waals surface area contributed by atoms with Crippen LogP contribution in [0.5, 0.6) is 0 Å². The van der Waals surface area contributed by atoms with Gasteiger partial charge < -0.3 is 10.5 Å². The third-order valence-electron chi connectivity index (χ3n) is 3.20. The molecule has 4 nitrogen and oxygen atoms in total. The number of halogens is 3. The lowest BCUT2D eigenvalue weighted by atomic mass is 10.1. The number of aromatic carboxylic acids is 1. The number of benzene rings is 1. The molecule has 1 aromatic carbocycles. The molecule has 0 radical (unpaired) electrons. The Morgan fingerprint density at radius 3 is 2.40 bits per heavy atom. The quantitative estimate of drug-likeness (QED) is 0.896. The molecule has 1 fully saturated rings. The van der Waals surface area contributed by atoms with Crippen LogP contribution in [0.25, 0.3) is 0 Å². The molecule has 110 valence electrons. The number of carboxylic acid groups (broad SMARTS) is 1. The molecule has 1 aromatic rings. The van der Waals surface area contributed by atoms with E-state index in [2.05, 4.69) is 5.43 Å². The van der Waals surface area contributed by atoms with E-state index < -0.39 is 23.3 Å². The number of hydrazine groups is 1. The van der Waals surface area contributed by atoms with Crippen LogP contribution in [0.15, 0.2) is 18.2 Å². The van der Waals surface area contributed by atoms with Crippen molar-refractivity contribution in [1.82, 2.24) is 5.01 Å². The van der Waals surface area contributed by atoms with Gasteiger partial charge >= 0.3 is 12.1 Å². The van der Waals surface area contributed by atoms with Crippen molar-refractivity contribution in [3.05, 3.63) is 29.3 Å². The van der Waals surface area contributed by atoms with Gasteiger partial charge in [0.05, 0.1) is 11.1 Å². The Morgan fingerprint density at radius 2 is 1.85 bits per heavy atom. The van der Waals surface area contributed by atoms with Crippen LogP contribution in [0, 0.1) is 0 Å². The number of anilines is 1. The van der Waals surface area contributed by atoms with Crippen LogP contribution in [-0.4, -0.2) is 29.2 Å². The maximum Gasteiger partial charge on any atom is 0.417 e. The predicted octanol–water partition coefficient (Wildman–Crippen LogP) is 3.22. The first-order chi connectivity index (χ1) is 9.38. The molecular formula is C13H15F3N2O2. The molecule has 0 saturated carbocycles. The van der Waals surface area contributed by atoms with E-state index in [-0.39, 0.29) is 5.69 Å². The molecule has 0 unspecified atom stereocenters. The molecule has 1 saturated heterocycles. The van der Waals surface area contributed by atoms with Gasteiger partial charge in [-0.1, -0.05) is 6.42 Å². The van der Waals surface area contributed by atoms with Crippen LogP contribution in [0.4, 0.5) is 18.9 Å². The zero-order valence-electron chi connectivity index (χ0n) is 10.7. The predicted molar refractivity (Wildman–Crippen MR) is 67.5 cm³/mol. The fourth-order valence-corrected chi connectivity index (χ4v) is 2.22. The number of nitrogens with one attached hydrogen (secondary N) is 1. The van der Waals surface area contributed by atoms with Gasteiger partial charge in [-0.2, -0.15) is 13.2 Å². The summed E-state index contributed by atoms with van der Waals surface area (Å²) >= 11 is 0. The van der Waals surface area contributed by atoms with Crippen LogP contribution in [0.1, 0.15) is 35.2 Å². The van der Waals surface area contributed by atoms with Gasteiger partial charge in [0.15, 0.2) is 0 Å². The third-order valence-corrected chi connectivity index (χ3v) is 3.20. The van der Waals surface area contributed by atoms with E-state index in [0.717, 1.165) is 44.5 Å². The minimum absolute atomic E-state index is 0.254. The van der Waals surface area contributed by atoms with Crippen molar-refractivity contribution in [2.24, 2.45) is 0 Å². The number of carboxylic acids is 1. The molecule has 2 N–H and O–H groups in total. The largest absolute Gasteiger partial charge is 0.478 e. The molecule has 7 heteroatoms. The maximum atomic E-state index is 12.9. The summed E-state index contributed by atoms with van der Waals surface area (Å²) in [6.45, 7) is 1.53. The molecule has 20 heavy (non-hydrogen) atoms. The monoisotopic (exact) mass is 288 g/mol. The minimum atomic E-state index is -4.69. The number of piperidine rings is 1. The molecule has 0 bridgehead atoms. The first-order valence-corrected chi connectivity index (χ1v) is 6.34. The Bertz CT molecular complexity index is 497. The highest BCUT2D eigenvalue weighted by atomic mass is 19.4. The molecule has 0 aromatic heterocycles. The minimum Gasteiger partial charge on any atom is -0.478 e. The van der Waals surface area contributed by atoms with Crippen molar-refractivity contribution in [2.75, 3.05) is 18.5 Å². The van der Waals surface area contributed by atoms with Crippen LogP contribution in [0.3, 0.4) is 0 Å². The topological polar surface area (TPSA) is 52.6 Å². The lowest BCUT2D eigenvalue weighted by molar-refractivity contribution is -0.138. The first kappa shape index (κ1) is 14.6. The van der Waals surface area contributed by atoms with Crippen molar-refractivity contribution >= 4 is 11.7 Å². The molecule has 0 aliphatic carbocycles. The van der Waals surface area contributed by atoms with Gasteiger partial charge in [0.1, 0.15) is 0 Å². The highest BCUT2D eigenvalue weighted by Gasteiger charge is 2.35. The molecule has 1 aliphatic rings. The smallest absolute Gasteiger partial charge is 0.417 e. The number of hydrogen-bond acceptors (Lipinski definition) is 3. The highest BCUT2D eigenvalue weighted by Crippen LogP contribution is 2.34. The zero-order valence-corrected chi connectivity index (χ0v) is 10.7. The molecule has 0 amide bonds. The van der Waals surface area contributed by atoms with E-state index in [1.807, 2.05) is 5.01 Å². The Labute approximate surface area is 114 Å². The second-order valence-corrected chi connectivity index (χ2v) is 4.72. The van der Waals surface area contributed by atoms with Crippen LogP contribution >= 0.6 is 0 Å². The zero-order chi connectivity index (χ0) is 14.8. The molecule has 2 rings (SSSR count). The van der Waals surface area contributed by atoms with Gasteiger partial charge in [-0.05, 0) is 31.0 Å². The molecular weight excluding hydrogens is 273 g/mol. The van der Waals surface area contributed by atoms with Gasteiger partial charge in [0.2, 0.25) is 0 Å². The fourth-order valence-electron chi connectivity index (χ4n) is 2.22. The van der Waals surface area contributed by atoms with E-state index in [4.69, 9.17) is 5.11 Å². The third kappa shape index (κ3) is 3.41. The van der Waals surface area contributed by atoms with E-state index in [0.29, 0.717) is 0 Å². The van der Waals surface area contributed by atoms with E-state index >= 15 is 0 Å². The van der Waals surface area contributed by atoms with Gasteiger partial charge in [-0.25, -0.2) is 9.80 Å². The first-order valence-electron chi connectivity index (χ1n) is 6.34. The summed E-state index contributed by atoms with van der Waals surface area (Å²) < 4.78 is 38.6. The SMILES string of the molecule is O=C(O)c1ccc(NN2CCCCC2)cc1C(F)(F)F. The van der Waals surface area contributed by atoms with Crippen molar-refractivity contribution in [3.8, 4) is 0 Å². The second kappa shape index (κ2) is 5.70. The summed E-state index contributed by atoms with van der Waals surface area (Å²) in [5.41, 5.74) is 1.29. The van der Waals surface area contributed by atoms with Crippen LogP contribution < -0.4 is 5.43 Å². The highest BCUT2D eigenvalue weighted by molar-refractivity contribution is 5.90. The lowest BCUT2D eigenvalue weighted by Gasteiger charge is -2.28. The number of hydrogen-bond donors (Lipinski definition) is 2. The standard InChI is InChI=1S/C13H15F3N2O2/c14-13(15,16)11-8-9(4-5-10(11)12(19)20)17-18-6-2-1-3-7-18/h4-5,8,17H,1-3,6-7H2,(H,19,20). The van der Waals surface area contributed by atoms with E-state index in [9.17, 15) is 18.0 Å². The van der Waals surface area contributed by atoms with E-state index in [1.165, 1.54) is 6.07 Å². The average Bonchev–Trinajstić information content (AvgIpc) is 2.38. The Kier molecular flexibility index (Phi) is 4.17. The summed E-state index contributed by atoms with van der Waals surface area (Å²) in [6.07, 6.45) is -1.59. The molecule has 1 aliphatic heterocycles. The number of alkyl halides is 3. The molecule has 0 atom stereocenters. The number of nitrogens with zero attached hydrogens (tertiary/aromatic N) is 1. The molecule has 1 heterocycles. The Morgan fingerprint density at radius 1 is 1.20 bits per heavy atom. The lowest BCUT2D eigenvalue weighted by Crippen LogP contribution is -2.35. The fraction of sp³-hybridized carbons (Fsp3) is 0.462. The Balaban J connectivity index is 2.25. The van der Waals surface area contributed by atoms with Gasteiger partial charge in [-0.3, -0.25) is 0 Å². The summed E-state index contributed by atoms with van der Waals surface area (Å²) in [5.74, 6) is -1.58. The second-order valence-electron chi connectivity index (χ2n) is 4.72. The average molecular weight is 288 g/mol. The maximum absolute atomic E-state index is 12.9. The van der Waals surface area contributed by atoms with E-state index in [1.54, 1.807) is 0 Å². The van der Waals surface area contributed by atoms with Crippen molar-refractivity contribution in [1.29, 1.82) is 0 Å². The molecule has 0 spiro atoms. The number of rotatable bonds is 3. The van der Waals surface area contributed by atoms with Crippen molar-refractivity contribution in [3.63, 3.8) is 0 Å². The van der Waals surface area contributed by atoms with Crippen LogP contribution in [-0.2, 0) is 6.18 Å². The summed E-state index contributed by atoms with van der Waals surface area (Å²) in [5, 5.41) is 10.7. The van der Waals surface area contributed by atoms with Crippen molar-refractivity contribution < 1.29 is 23.1 Å².